The zero-order chi connectivity index (χ0) is 14.1. The number of pyridine rings is 1. The molecule has 0 radical (unpaired) electrons. The second kappa shape index (κ2) is 4.90. The predicted molar refractivity (Wildman–Crippen MR) is 69.6 cm³/mol. The van der Waals surface area contributed by atoms with Crippen molar-refractivity contribution in [2.75, 3.05) is 0 Å². The van der Waals surface area contributed by atoms with E-state index in [1.54, 1.807) is 6.07 Å². The Hall–Kier alpha value is -2.47. The zero-order valence-corrected chi connectivity index (χ0v) is 10.7. The summed E-state index contributed by atoms with van der Waals surface area (Å²) in [6.45, 7) is 0. The molecule has 0 unspecified atom stereocenters. The molecule has 7 heteroatoms. The smallest absolute Gasteiger partial charge is 0.280 e. The van der Waals surface area contributed by atoms with Crippen molar-refractivity contribution in [3.05, 3.63) is 47.4 Å². The fourth-order valence-electron chi connectivity index (χ4n) is 1.66. The van der Waals surface area contributed by atoms with Crippen molar-refractivity contribution in [2.45, 2.75) is 0 Å². The second-order valence-electron chi connectivity index (χ2n) is 3.92. The minimum atomic E-state index is -0.454. The van der Waals surface area contributed by atoms with Crippen molar-refractivity contribution >= 4 is 11.6 Å². The number of hydrogen-bond acceptors (Lipinski definition) is 5. The van der Waals surface area contributed by atoms with E-state index in [1.165, 1.54) is 24.4 Å². The molecule has 0 aliphatic rings. The molecule has 0 aliphatic carbocycles. The van der Waals surface area contributed by atoms with Gasteiger partial charge in [0.05, 0.1) is 5.02 Å². The Labute approximate surface area is 117 Å². The molecule has 3 aromatic rings. The first kappa shape index (κ1) is 12.6. The molecular formula is C13H7ClFN3O2. The van der Waals surface area contributed by atoms with Gasteiger partial charge < -0.3 is 9.63 Å². The predicted octanol–water partition coefficient (Wildman–Crippen LogP) is 3.30. The van der Waals surface area contributed by atoms with Crippen LogP contribution in [0.5, 0.6) is 5.75 Å². The third kappa shape index (κ3) is 2.21. The Balaban J connectivity index is 2.04. The topological polar surface area (TPSA) is 72.0 Å². The molecule has 0 bridgehead atoms. The molecule has 5 nitrogen and oxygen atoms in total. The average Bonchev–Trinajstić information content (AvgIpc) is 2.88. The molecule has 0 saturated heterocycles. The summed E-state index contributed by atoms with van der Waals surface area (Å²) >= 11 is 5.92. The highest BCUT2D eigenvalue weighted by Gasteiger charge is 2.16. The van der Waals surface area contributed by atoms with Crippen LogP contribution >= 0.6 is 11.6 Å². The molecule has 100 valence electrons. The Morgan fingerprint density at radius 1 is 1.25 bits per heavy atom. The highest BCUT2D eigenvalue weighted by Crippen LogP contribution is 2.30. The van der Waals surface area contributed by atoms with E-state index in [-0.39, 0.29) is 28.2 Å². The standard InChI is InChI=1S/C13H7ClFN3O2/c14-9-6-7(15)3-4-8(9)12-17-13(20-18-12)11-10(19)2-1-5-16-11/h1-6,19H. The summed E-state index contributed by atoms with van der Waals surface area (Å²) in [5.41, 5.74) is 0.600. The van der Waals surface area contributed by atoms with E-state index in [2.05, 4.69) is 15.1 Å². The number of nitrogens with zero attached hydrogens (tertiary/aromatic N) is 3. The van der Waals surface area contributed by atoms with Crippen LogP contribution < -0.4 is 0 Å². The van der Waals surface area contributed by atoms with Crippen molar-refractivity contribution in [3.63, 3.8) is 0 Å². The first-order valence-electron chi connectivity index (χ1n) is 5.58. The molecule has 0 fully saturated rings. The Bertz CT molecular complexity index is 776. The van der Waals surface area contributed by atoms with Gasteiger partial charge in [-0.25, -0.2) is 9.37 Å². The Morgan fingerprint density at radius 3 is 2.85 bits per heavy atom. The minimum absolute atomic E-state index is 0.0542. The summed E-state index contributed by atoms with van der Waals surface area (Å²) in [7, 11) is 0. The van der Waals surface area contributed by atoms with E-state index in [9.17, 15) is 9.50 Å². The van der Waals surface area contributed by atoms with Crippen LogP contribution in [0.2, 0.25) is 5.02 Å². The van der Waals surface area contributed by atoms with Crippen LogP contribution in [-0.4, -0.2) is 20.2 Å². The highest BCUT2D eigenvalue weighted by atomic mass is 35.5. The average molecular weight is 292 g/mol. The van der Waals surface area contributed by atoms with Gasteiger partial charge in [0.15, 0.2) is 5.69 Å². The molecule has 0 saturated carbocycles. The van der Waals surface area contributed by atoms with Gasteiger partial charge in [-0.3, -0.25) is 0 Å². The molecule has 0 atom stereocenters. The van der Waals surface area contributed by atoms with E-state index < -0.39 is 5.82 Å². The number of hydrogen-bond donors (Lipinski definition) is 1. The molecule has 2 aromatic heterocycles. The molecule has 0 amide bonds. The van der Waals surface area contributed by atoms with Gasteiger partial charge >= 0.3 is 0 Å². The number of halogens is 2. The Kier molecular flexibility index (Phi) is 3.08. The van der Waals surface area contributed by atoms with Gasteiger partial charge in [0.25, 0.3) is 5.89 Å². The first-order chi connectivity index (χ1) is 9.65. The van der Waals surface area contributed by atoms with Crippen LogP contribution in [0, 0.1) is 5.82 Å². The first-order valence-corrected chi connectivity index (χ1v) is 5.96. The maximum absolute atomic E-state index is 13.0. The summed E-state index contributed by atoms with van der Waals surface area (Å²) in [4.78, 5) is 8.05. The van der Waals surface area contributed by atoms with Crippen molar-refractivity contribution < 1.29 is 14.0 Å². The van der Waals surface area contributed by atoms with Crippen LogP contribution in [0.1, 0.15) is 0 Å². The van der Waals surface area contributed by atoms with E-state index >= 15 is 0 Å². The van der Waals surface area contributed by atoms with Crippen molar-refractivity contribution in [2.24, 2.45) is 0 Å². The summed E-state index contributed by atoms with van der Waals surface area (Å²) in [5, 5.41) is 13.6. The number of aromatic nitrogens is 3. The summed E-state index contributed by atoms with van der Waals surface area (Å²) in [6, 6.07) is 6.88. The lowest BCUT2D eigenvalue weighted by Gasteiger charge is -1.98. The van der Waals surface area contributed by atoms with E-state index in [1.807, 2.05) is 0 Å². The van der Waals surface area contributed by atoms with Gasteiger partial charge in [-0.2, -0.15) is 4.98 Å². The largest absolute Gasteiger partial charge is 0.505 e. The molecule has 2 heterocycles. The molecule has 1 N–H and O–H groups in total. The molecule has 0 spiro atoms. The molecule has 1 aromatic carbocycles. The van der Waals surface area contributed by atoms with Gasteiger partial charge in [-0.15, -0.1) is 0 Å². The van der Waals surface area contributed by atoms with E-state index in [4.69, 9.17) is 16.1 Å². The van der Waals surface area contributed by atoms with Crippen LogP contribution in [0.15, 0.2) is 41.1 Å². The van der Waals surface area contributed by atoms with E-state index in [0.717, 1.165) is 6.07 Å². The van der Waals surface area contributed by atoms with Crippen LogP contribution in [0.4, 0.5) is 4.39 Å². The fourth-order valence-corrected chi connectivity index (χ4v) is 1.91. The van der Waals surface area contributed by atoms with Gasteiger partial charge in [0.2, 0.25) is 5.82 Å². The van der Waals surface area contributed by atoms with Crippen LogP contribution in [0.25, 0.3) is 23.0 Å². The fraction of sp³-hybridized carbons (Fsp3) is 0. The maximum atomic E-state index is 13.0. The van der Waals surface area contributed by atoms with Gasteiger partial charge in [0.1, 0.15) is 11.6 Å². The minimum Gasteiger partial charge on any atom is -0.505 e. The van der Waals surface area contributed by atoms with Gasteiger partial charge in [-0.1, -0.05) is 16.8 Å². The molecule has 20 heavy (non-hydrogen) atoms. The third-order valence-corrected chi connectivity index (χ3v) is 2.90. The van der Waals surface area contributed by atoms with Gasteiger partial charge in [-0.05, 0) is 30.3 Å². The van der Waals surface area contributed by atoms with Crippen molar-refractivity contribution in [3.8, 4) is 28.7 Å². The molecular weight excluding hydrogens is 285 g/mol. The highest BCUT2D eigenvalue weighted by molar-refractivity contribution is 6.33. The number of rotatable bonds is 2. The third-order valence-electron chi connectivity index (χ3n) is 2.59. The monoisotopic (exact) mass is 291 g/mol. The lowest BCUT2D eigenvalue weighted by atomic mass is 10.2. The van der Waals surface area contributed by atoms with Crippen molar-refractivity contribution in [1.82, 2.24) is 15.1 Å². The van der Waals surface area contributed by atoms with Crippen LogP contribution in [0.3, 0.4) is 0 Å². The maximum Gasteiger partial charge on any atom is 0.280 e. The SMILES string of the molecule is Oc1cccnc1-c1nc(-c2ccc(F)cc2Cl)no1. The Morgan fingerprint density at radius 2 is 2.10 bits per heavy atom. The quantitative estimate of drug-likeness (QED) is 0.784. The van der Waals surface area contributed by atoms with Crippen LogP contribution in [-0.2, 0) is 0 Å². The summed E-state index contributed by atoms with van der Waals surface area (Å²) in [6.07, 6.45) is 1.49. The summed E-state index contributed by atoms with van der Waals surface area (Å²) in [5.74, 6) is -0.286. The molecule has 3 rings (SSSR count). The van der Waals surface area contributed by atoms with Crippen molar-refractivity contribution in [1.29, 1.82) is 0 Å². The van der Waals surface area contributed by atoms with Gasteiger partial charge in [0, 0.05) is 11.8 Å². The lowest BCUT2D eigenvalue weighted by molar-refractivity contribution is 0.423. The van der Waals surface area contributed by atoms with E-state index in [0.29, 0.717) is 5.56 Å². The normalized spacial score (nSPS) is 10.7. The number of aromatic hydroxyl groups is 1. The number of benzene rings is 1. The summed E-state index contributed by atoms with van der Waals surface area (Å²) < 4.78 is 18.0. The second-order valence-corrected chi connectivity index (χ2v) is 4.33. The lowest BCUT2D eigenvalue weighted by Crippen LogP contribution is -1.86. The molecule has 0 aliphatic heterocycles. The zero-order valence-electron chi connectivity index (χ0n) is 9.92.